The van der Waals surface area contributed by atoms with Crippen molar-refractivity contribution >= 4 is 0 Å². The normalized spacial score (nSPS) is 27.6. The number of unbranched alkanes of at least 4 members (excludes halogenated alkanes) is 5. The maximum atomic E-state index is 3.96. The third-order valence-corrected chi connectivity index (χ3v) is 6.77. The fourth-order valence-corrected chi connectivity index (χ4v) is 4.86. The van der Waals surface area contributed by atoms with Gasteiger partial charge >= 0.3 is 0 Å². The van der Waals surface area contributed by atoms with Gasteiger partial charge in [0.25, 0.3) is 0 Å². The maximum absolute atomic E-state index is 3.96. The van der Waals surface area contributed by atoms with Gasteiger partial charge in [-0.15, -0.1) is 0 Å². The topological polar surface area (TPSA) is 36.1 Å². The summed E-state index contributed by atoms with van der Waals surface area (Å²) < 4.78 is 0. The van der Waals surface area contributed by atoms with Crippen molar-refractivity contribution in [2.45, 2.75) is 122 Å². The molecule has 3 heteroatoms. The Labute approximate surface area is 164 Å². The summed E-state index contributed by atoms with van der Waals surface area (Å²) in [5, 5.41) is 11.6. The third-order valence-electron chi connectivity index (χ3n) is 6.77. The number of hydrogen-bond donors (Lipinski definition) is 3. The summed E-state index contributed by atoms with van der Waals surface area (Å²) in [6, 6.07) is 1.28. The molecule has 1 aliphatic rings. The molecule has 0 aromatic carbocycles. The van der Waals surface area contributed by atoms with Gasteiger partial charge in [-0.05, 0) is 64.6 Å². The highest BCUT2D eigenvalue weighted by Crippen LogP contribution is 2.37. The van der Waals surface area contributed by atoms with Crippen LogP contribution in [0, 0.1) is 5.92 Å². The predicted molar refractivity (Wildman–Crippen MR) is 117 cm³/mol. The van der Waals surface area contributed by atoms with E-state index in [0.717, 1.165) is 12.5 Å². The molecule has 3 nitrogen and oxygen atoms in total. The van der Waals surface area contributed by atoms with E-state index in [9.17, 15) is 0 Å². The van der Waals surface area contributed by atoms with Gasteiger partial charge in [0, 0.05) is 17.6 Å². The van der Waals surface area contributed by atoms with Crippen LogP contribution < -0.4 is 16.0 Å². The summed E-state index contributed by atoms with van der Waals surface area (Å²) in [6.45, 7) is 11.7. The van der Waals surface area contributed by atoms with Gasteiger partial charge in [0.15, 0.2) is 0 Å². The molecule has 4 unspecified atom stereocenters. The van der Waals surface area contributed by atoms with Crippen molar-refractivity contribution in [1.29, 1.82) is 0 Å². The Morgan fingerprint density at radius 1 is 0.885 bits per heavy atom. The summed E-state index contributed by atoms with van der Waals surface area (Å²) >= 11 is 0. The van der Waals surface area contributed by atoms with Gasteiger partial charge in [-0.2, -0.15) is 0 Å². The van der Waals surface area contributed by atoms with Crippen molar-refractivity contribution in [3.63, 3.8) is 0 Å². The average Bonchev–Trinajstić information content (AvgIpc) is 2.66. The molecule has 0 aromatic heterocycles. The fraction of sp³-hybridized carbons (Fsp3) is 1.00. The van der Waals surface area contributed by atoms with Crippen molar-refractivity contribution in [1.82, 2.24) is 16.0 Å². The lowest BCUT2D eigenvalue weighted by Gasteiger charge is -2.51. The Morgan fingerprint density at radius 2 is 1.54 bits per heavy atom. The van der Waals surface area contributed by atoms with Crippen molar-refractivity contribution in [3.8, 4) is 0 Å². The average molecular weight is 368 g/mol. The third kappa shape index (κ3) is 7.48. The van der Waals surface area contributed by atoms with E-state index in [-0.39, 0.29) is 5.54 Å². The monoisotopic (exact) mass is 367 g/mol. The summed E-state index contributed by atoms with van der Waals surface area (Å²) in [5.41, 5.74) is 0.267. The molecule has 0 amide bonds. The van der Waals surface area contributed by atoms with Gasteiger partial charge in [-0.25, -0.2) is 0 Å². The molecule has 156 valence electrons. The van der Waals surface area contributed by atoms with Gasteiger partial charge < -0.3 is 16.0 Å². The van der Waals surface area contributed by atoms with E-state index >= 15 is 0 Å². The van der Waals surface area contributed by atoms with Crippen LogP contribution in [0.2, 0.25) is 0 Å². The van der Waals surface area contributed by atoms with Gasteiger partial charge in [-0.1, -0.05) is 66.2 Å². The van der Waals surface area contributed by atoms with E-state index < -0.39 is 0 Å². The SMILES string of the molecule is CCCCCCC(C)C1(NC)CCC(NCCCC)CC1NCCCC. The molecular formula is C23H49N3. The Hall–Kier alpha value is -0.120. The summed E-state index contributed by atoms with van der Waals surface area (Å²) in [7, 11) is 2.21. The molecule has 1 aliphatic carbocycles. The first-order chi connectivity index (χ1) is 12.6. The lowest BCUT2D eigenvalue weighted by Crippen LogP contribution is -2.66. The smallest absolute Gasteiger partial charge is 0.0359 e. The van der Waals surface area contributed by atoms with Crippen LogP contribution in [-0.4, -0.2) is 37.8 Å². The van der Waals surface area contributed by atoms with Crippen LogP contribution in [0.1, 0.15) is 105 Å². The van der Waals surface area contributed by atoms with Crippen molar-refractivity contribution < 1.29 is 0 Å². The second-order valence-electron chi connectivity index (χ2n) is 8.68. The van der Waals surface area contributed by atoms with Gasteiger partial charge in [0.1, 0.15) is 0 Å². The minimum absolute atomic E-state index is 0.267. The quantitative estimate of drug-likeness (QED) is 0.346. The number of nitrogens with one attached hydrogen (secondary N) is 3. The van der Waals surface area contributed by atoms with Crippen LogP contribution in [0.25, 0.3) is 0 Å². The number of likely N-dealkylation sites (N-methyl/N-ethyl adjacent to an activating group) is 1. The van der Waals surface area contributed by atoms with Crippen molar-refractivity contribution in [2.24, 2.45) is 5.92 Å². The maximum Gasteiger partial charge on any atom is 0.0359 e. The van der Waals surface area contributed by atoms with E-state index in [1.807, 2.05) is 0 Å². The van der Waals surface area contributed by atoms with Crippen molar-refractivity contribution in [2.75, 3.05) is 20.1 Å². The van der Waals surface area contributed by atoms with E-state index in [1.165, 1.54) is 83.6 Å². The molecule has 0 radical (unpaired) electrons. The first-order valence-electron chi connectivity index (χ1n) is 11.8. The molecule has 0 bridgehead atoms. The zero-order valence-corrected chi connectivity index (χ0v) is 18.6. The molecule has 0 aromatic rings. The molecule has 0 heterocycles. The Bertz CT molecular complexity index is 333. The summed E-state index contributed by atoms with van der Waals surface area (Å²) in [5.74, 6) is 0.736. The fourth-order valence-electron chi connectivity index (χ4n) is 4.86. The molecule has 3 N–H and O–H groups in total. The predicted octanol–water partition coefficient (Wildman–Crippen LogP) is 5.25. The standard InChI is InChI=1S/C23H49N3/c1-6-9-12-13-14-20(4)23(24-5)16-15-21(25-17-10-7-2)19-22(23)26-18-11-8-3/h20-22,24-26H,6-19H2,1-5H3. The molecule has 1 saturated carbocycles. The van der Waals surface area contributed by atoms with Gasteiger partial charge in [0.2, 0.25) is 0 Å². The van der Waals surface area contributed by atoms with Gasteiger partial charge in [0.05, 0.1) is 0 Å². The lowest BCUT2D eigenvalue weighted by molar-refractivity contribution is 0.0917. The first kappa shape index (κ1) is 23.9. The van der Waals surface area contributed by atoms with Crippen LogP contribution in [-0.2, 0) is 0 Å². The largest absolute Gasteiger partial charge is 0.314 e. The molecule has 26 heavy (non-hydrogen) atoms. The molecule has 0 aliphatic heterocycles. The van der Waals surface area contributed by atoms with Crippen LogP contribution >= 0.6 is 0 Å². The van der Waals surface area contributed by atoms with E-state index in [2.05, 4.69) is 50.7 Å². The molecule has 0 saturated heterocycles. The Balaban J connectivity index is 2.70. The molecule has 1 fully saturated rings. The number of rotatable bonds is 15. The van der Waals surface area contributed by atoms with Crippen LogP contribution in [0.3, 0.4) is 0 Å². The zero-order valence-electron chi connectivity index (χ0n) is 18.6. The second kappa shape index (κ2) is 14.0. The summed E-state index contributed by atoms with van der Waals surface area (Å²) in [6.07, 6.45) is 15.9. The lowest BCUT2D eigenvalue weighted by atomic mass is 9.67. The van der Waals surface area contributed by atoms with Crippen LogP contribution in [0.15, 0.2) is 0 Å². The molecule has 1 rings (SSSR count). The number of hydrogen-bond acceptors (Lipinski definition) is 3. The second-order valence-corrected chi connectivity index (χ2v) is 8.68. The first-order valence-corrected chi connectivity index (χ1v) is 11.8. The zero-order chi connectivity index (χ0) is 19.3. The highest BCUT2D eigenvalue weighted by molar-refractivity contribution is 5.06. The van der Waals surface area contributed by atoms with E-state index in [1.54, 1.807) is 0 Å². The van der Waals surface area contributed by atoms with Crippen molar-refractivity contribution in [3.05, 3.63) is 0 Å². The highest BCUT2D eigenvalue weighted by Gasteiger charge is 2.45. The minimum atomic E-state index is 0.267. The molecule has 0 spiro atoms. The highest BCUT2D eigenvalue weighted by atomic mass is 15.1. The van der Waals surface area contributed by atoms with Crippen LogP contribution in [0.4, 0.5) is 0 Å². The Morgan fingerprint density at radius 3 is 2.15 bits per heavy atom. The molecular weight excluding hydrogens is 318 g/mol. The summed E-state index contributed by atoms with van der Waals surface area (Å²) in [4.78, 5) is 0. The molecule has 4 atom stereocenters. The van der Waals surface area contributed by atoms with Gasteiger partial charge in [-0.3, -0.25) is 0 Å². The Kier molecular flexibility index (Phi) is 12.8. The van der Waals surface area contributed by atoms with Crippen LogP contribution in [0.5, 0.6) is 0 Å². The van der Waals surface area contributed by atoms with E-state index in [0.29, 0.717) is 12.1 Å². The van der Waals surface area contributed by atoms with E-state index in [4.69, 9.17) is 0 Å². The minimum Gasteiger partial charge on any atom is -0.314 e.